The molecule has 0 aliphatic rings. The van der Waals surface area contributed by atoms with Crippen molar-refractivity contribution in [3.8, 4) is 39.1 Å². The van der Waals surface area contributed by atoms with Gasteiger partial charge in [-0.25, -0.2) is 0 Å². The second-order valence-electron chi connectivity index (χ2n) is 15.7. The average molecular weight is 779 g/mol. The molecule has 0 bridgehead atoms. The Morgan fingerprint density at radius 1 is 0.344 bits per heavy atom. The normalized spacial score (nSPS) is 11.6. The van der Waals surface area contributed by atoms with Crippen molar-refractivity contribution in [2.45, 2.75) is 0 Å². The van der Waals surface area contributed by atoms with E-state index in [1.54, 1.807) is 0 Å². The van der Waals surface area contributed by atoms with Gasteiger partial charge in [0.2, 0.25) is 0 Å². The number of furan rings is 1. The van der Waals surface area contributed by atoms with Crippen LogP contribution in [-0.4, -0.2) is 4.57 Å². The first-order valence-electron chi connectivity index (χ1n) is 20.8. The summed E-state index contributed by atoms with van der Waals surface area (Å²) in [6, 6.07) is 82.7. The second-order valence-corrected chi connectivity index (χ2v) is 15.7. The lowest BCUT2D eigenvalue weighted by atomic mass is 9.94. The largest absolute Gasteiger partial charge is 0.456 e. The quantitative estimate of drug-likeness (QED) is 0.161. The van der Waals surface area contributed by atoms with Gasteiger partial charge in [-0.2, -0.15) is 0 Å². The van der Waals surface area contributed by atoms with E-state index in [1.807, 2.05) is 0 Å². The fraction of sp³-hybridized carbons (Fsp3) is 0. The number of rotatable bonds is 7. The van der Waals surface area contributed by atoms with Crippen molar-refractivity contribution in [2.75, 3.05) is 4.90 Å². The Morgan fingerprint density at radius 2 is 0.918 bits per heavy atom. The molecule has 0 unspecified atom stereocenters. The maximum absolute atomic E-state index is 6.96. The predicted molar refractivity (Wildman–Crippen MR) is 257 cm³/mol. The van der Waals surface area contributed by atoms with Crippen LogP contribution in [0.3, 0.4) is 0 Å². The Morgan fingerprint density at radius 3 is 1.66 bits per heavy atom. The zero-order valence-corrected chi connectivity index (χ0v) is 33.2. The SMILES string of the molecule is c1ccc(-c2ccc(-c3ccc(N(c4ccccc4)c4cc(-c5cccc6c7ccccc7n(-c7ccccc7)c56)c5c(c4)oc4ccc6ccccc6c45)cc3)cc2)cc1. The molecule has 2 heterocycles. The molecule has 0 N–H and O–H groups in total. The van der Waals surface area contributed by atoms with Crippen LogP contribution in [0.1, 0.15) is 0 Å². The molecule has 0 atom stereocenters. The summed E-state index contributed by atoms with van der Waals surface area (Å²) in [6.45, 7) is 0. The van der Waals surface area contributed by atoms with Crippen molar-refractivity contribution in [3.05, 3.63) is 231 Å². The van der Waals surface area contributed by atoms with Crippen LogP contribution in [0.15, 0.2) is 235 Å². The minimum Gasteiger partial charge on any atom is -0.456 e. The molecule has 0 saturated carbocycles. The number of anilines is 3. The van der Waals surface area contributed by atoms with Gasteiger partial charge in [0.1, 0.15) is 11.2 Å². The molecular weight excluding hydrogens is 741 g/mol. The van der Waals surface area contributed by atoms with Gasteiger partial charge in [-0.3, -0.25) is 0 Å². The molecule has 0 fully saturated rings. The molecule has 2 aromatic heterocycles. The van der Waals surface area contributed by atoms with Gasteiger partial charge in [0.05, 0.1) is 16.7 Å². The molecule has 0 aliphatic heterocycles. The minimum atomic E-state index is 0.842. The Balaban J connectivity index is 1.10. The number of fused-ring (bicyclic) bond motifs is 8. The predicted octanol–water partition coefficient (Wildman–Crippen LogP) is 16.3. The van der Waals surface area contributed by atoms with Gasteiger partial charge < -0.3 is 13.9 Å². The molecular formula is C58H38N2O. The molecule has 0 radical (unpaired) electrons. The summed E-state index contributed by atoms with van der Waals surface area (Å²) in [5.74, 6) is 0. The van der Waals surface area contributed by atoms with Crippen molar-refractivity contribution < 1.29 is 4.42 Å². The standard InChI is InChI=1S/C58H38N2O/c1-4-15-39(16-5-1)40-27-29-41(30-28-40)42-31-34-46(35-32-42)59(44-18-6-2-7-19-44)47-37-52(57-55(38-47)61-54-36-33-43-17-10-11-22-48(43)56(54)57)51-25-14-24-50-49-23-12-13-26-53(49)60(58(50)51)45-20-8-3-9-21-45/h1-38H. The fourth-order valence-electron chi connectivity index (χ4n) is 9.39. The number of para-hydroxylation sites is 4. The molecule has 3 nitrogen and oxygen atoms in total. The van der Waals surface area contributed by atoms with Crippen LogP contribution in [0.4, 0.5) is 17.1 Å². The van der Waals surface area contributed by atoms with E-state index in [-0.39, 0.29) is 0 Å². The maximum Gasteiger partial charge on any atom is 0.138 e. The van der Waals surface area contributed by atoms with Crippen molar-refractivity contribution in [1.82, 2.24) is 4.57 Å². The van der Waals surface area contributed by atoms with Crippen molar-refractivity contribution in [3.63, 3.8) is 0 Å². The van der Waals surface area contributed by atoms with Gasteiger partial charge in [-0.15, -0.1) is 0 Å². The van der Waals surface area contributed by atoms with E-state index in [0.29, 0.717) is 0 Å². The summed E-state index contributed by atoms with van der Waals surface area (Å²) in [5.41, 5.74) is 15.3. The number of benzene rings is 10. The molecule has 0 spiro atoms. The Hall–Kier alpha value is -8.14. The Labute approximate surface area is 353 Å². The second kappa shape index (κ2) is 14.3. The topological polar surface area (TPSA) is 21.3 Å². The zero-order valence-electron chi connectivity index (χ0n) is 33.2. The summed E-state index contributed by atoms with van der Waals surface area (Å²) in [4.78, 5) is 2.35. The first kappa shape index (κ1) is 34.9. The third-order valence-corrected chi connectivity index (χ3v) is 12.2. The van der Waals surface area contributed by atoms with E-state index in [0.717, 1.165) is 66.9 Å². The van der Waals surface area contributed by atoms with Crippen molar-refractivity contribution in [1.29, 1.82) is 0 Å². The van der Waals surface area contributed by atoms with E-state index in [1.165, 1.54) is 43.8 Å². The van der Waals surface area contributed by atoms with Gasteiger partial charge in [0, 0.05) is 50.2 Å². The smallest absolute Gasteiger partial charge is 0.138 e. The molecule has 0 aliphatic carbocycles. The van der Waals surface area contributed by atoms with E-state index in [4.69, 9.17) is 4.42 Å². The van der Waals surface area contributed by atoms with E-state index < -0.39 is 0 Å². The average Bonchev–Trinajstić information content (AvgIpc) is 3.89. The molecule has 12 aromatic rings. The summed E-state index contributed by atoms with van der Waals surface area (Å²) in [6.07, 6.45) is 0. The zero-order chi connectivity index (χ0) is 40.3. The maximum atomic E-state index is 6.96. The molecule has 3 heteroatoms. The first-order valence-corrected chi connectivity index (χ1v) is 20.8. The molecule has 12 rings (SSSR count). The fourth-order valence-corrected chi connectivity index (χ4v) is 9.39. The van der Waals surface area contributed by atoms with E-state index >= 15 is 0 Å². The molecule has 0 saturated heterocycles. The highest BCUT2D eigenvalue weighted by molar-refractivity contribution is 6.25. The van der Waals surface area contributed by atoms with E-state index in [9.17, 15) is 0 Å². The molecule has 0 amide bonds. The van der Waals surface area contributed by atoms with Crippen molar-refractivity contribution in [2.24, 2.45) is 0 Å². The highest BCUT2D eigenvalue weighted by atomic mass is 16.3. The minimum absolute atomic E-state index is 0.842. The van der Waals surface area contributed by atoms with E-state index in [2.05, 4.69) is 240 Å². The third-order valence-electron chi connectivity index (χ3n) is 12.2. The van der Waals surface area contributed by atoms with Gasteiger partial charge in [0.25, 0.3) is 0 Å². The van der Waals surface area contributed by atoms with Crippen LogP contribution < -0.4 is 4.90 Å². The van der Waals surface area contributed by atoms with Crippen LogP contribution in [0.5, 0.6) is 0 Å². The van der Waals surface area contributed by atoms with Crippen LogP contribution in [0.2, 0.25) is 0 Å². The highest BCUT2D eigenvalue weighted by Gasteiger charge is 2.24. The molecule has 10 aromatic carbocycles. The van der Waals surface area contributed by atoms with Crippen LogP contribution in [-0.2, 0) is 0 Å². The van der Waals surface area contributed by atoms with Gasteiger partial charge in [-0.05, 0) is 93.2 Å². The third kappa shape index (κ3) is 5.82. The van der Waals surface area contributed by atoms with Crippen LogP contribution >= 0.6 is 0 Å². The molecule has 286 valence electrons. The van der Waals surface area contributed by atoms with Crippen molar-refractivity contribution >= 4 is 71.6 Å². The van der Waals surface area contributed by atoms with Gasteiger partial charge in [0.15, 0.2) is 0 Å². The summed E-state index contributed by atoms with van der Waals surface area (Å²) in [5, 5.41) is 7.03. The summed E-state index contributed by atoms with van der Waals surface area (Å²) < 4.78 is 9.39. The lowest BCUT2D eigenvalue weighted by Gasteiger charge is -2.26. The number of aromatic nitrogens is 1. The molecule has 61 heavy (non-hydrogen) atoms. The van der Waals surface area contributed by atoms with Gasteiger partial charge in [-0.1, -0.05) is 170 Å². The summed E-state index contributed by atoms with van der Waals surface area (Å²) in [7, 11) is 0. The number of hydrogen-bond acceptors (Lipinski definition) is 2. The Bertz CT molecular complexity index is 3550. The number of hydrogen-bond donors (Lipinski definition) is 0. The summed E-state index contributed by atoms with van der Waals surface area (Å²) >= 11 is 0. The lowest BCUT2D eigenvalue weighted by molar-refractivity contribution is 0.669. The van der Waals surface area contributed by atoms with Crippen LogP contribution in [0, 0.1) is 0 Å². The van der Waals surface area contributed by atoms with Crippen LogP contribution in [0.25, 0.3) is 93.6 Å². The number of nitrogens with zero attached hydrogens (tertiary/aromatic N) is 2. The lowest BCUT2D eigenvalue weighted by Crippen LogP contribution is -2.10. The monoisotopic (exact) mass is 778 g/mol. The van der Waals surface area contributed by atoms with Gasteiger partial charge >= 0.3 is 0 Å². The highest BCUT2D eigenvalue weighted by Crippen LogP contribution is 2.48. The first-order chi connectivity index (χ1) is 30.3. The Kier molecular flexibility index (Phi) is 8.17.